The summed E-state index contributed by atoms with van der Waals surface area (Å²) in [5.74, 6) is -1.18. The third kappa shape index (κ3) is 6.15. The predicted octanol–water partition coefficient (Wildman–Crippen LogP) is 4.56. The number of β-amino-alcohol motifs (C(OH)–C–C–N with tert-alkyl or cyclic N) is 1. The van der Waals surface area contributed by atoms with Crippen LogP contribution in [0.3, 0.4) is 0 Å². The fourth-order valence-electron chi connectivity index (χ4n) is 5.32. The van der Waals surface area contributed by atoms with E-state index in [2.05, 4.69) is 20.6 Å². The minimum absolute atomic E-state index is 0.143. The minimum atomic E-state index is -4.79. The van der Waals surface area contributed by atoms with Gasteiger partial charge in [-0.1, -0.05) is 50.3 Å². The van der Waals surface area contributed by atoms with Gasteiger partial charge in [-0.25, -0.2) is 9.67 Å². The number of nitrogens with zero attached hydrogens (tertiary/aromatic N) is 5. The monoisotopic (exact) mass is 590 g/mol. The molecular weight excluding hydrogens is 557 g/mol. The first kappa shape index (κ1) is 29.2. The van der Waals surface area contributed by atoms with Crippen LogP contribution in [0.15, 0.2) is 36.0 Å². The number of halogens is 3. The molecule has 0 spiro atoms. The maximum atomic E-state index is 14.2. The molecule has 2 fully saturated rings. The van der Waals surface area contributed by atoms with Crippen molar-refractivity contribution >= 4 is 23.2 Å². The minimum Gasteiger partial charge on any atom is -0.391 e. The molecule has 3 heterocycles. The van der Waals surface area contributed by atoms with Gasteiger partial charge in [0.05, 0.1) is 27.9 Å². The summed E-state index contributed by atoms with van der Waals surface area (Å²) in [6.07, 6.45) is -2.29. The molecule has 2 amide bonds. The molecule has 4 unspecified atom stereocenters. The number of carbonyl (C=O) groups is 2. The van der Waals surface area contributed by atoms with E-state index in [9.17, 15) is 27.9 Å². The van der Waals surface area contributed by atoms with Crippen LogP contribution in [0, 0.1) is 12.3 Å². The average molecular weight is 591 g/mol. The molecule has 4 atom stereocenters. The Labute approximate surface area is 239 Å². The zero-order valence-corrected chi connectivity index (χ0v) is 24.0. The molecule has 41 heavy (non-hydrogen) atoms. The number of hydrogen-bond acceptors (Lipinski definition) is 7. The van der Waals surface area contributed by atoms with Crippen molar-refractivity contribution in [2.45, 2.75) is 83.3 Å². The highest BCUT2D eigenvalue weighted by molar-refractivity contribution is 7.13. The molecular formula is C28H33F3N6O3S. The Hall–Kier alpha value is -3.32. The maximum absolute atomic E-state index is 14.2. The molecule has 3 aromatic rings. The Balaban J connectivity index is 1.38. The van der Waals surface area contributed by atoms with Gasteiger partial charge in [0, 0.05) is 25.1 Å². The molecule has 220 valence electrons. The quantitative estimate of drug-likeness (QED) is 0.417. The van der Waals surface area contributed by atoms with Gasteiger partial charge in [0.2, 0.25) is 11.8 Å². The zero-order chi connectivity index (χ0) is 29.7. The molecule has 1 saturated heterocycles. The van der Waals surface area contributed by atoms with Gasteiger partial charge < -0.3 is 15.3 Å². The zero-order valence-electron chi connectivity index (χ0n) is 23.2. The summed E-state index contributed by atoms with van der Waals surface area (Å²) in [6, 6.07) is 1.35. The summed E-state index contributed by atoms with van der Waals surface area (Å²) in [6.45, 7) is 7.17. The number of rotatable bonds is 7. The van der Waals surface area contributed by atoms with Crippen LogP contribution in [0.5, 0.6) is 0 Å². The van der Waals surface area contributed by atoms with Crippen LogP contribution < -0.4 is 5.32 Å². The summed E-state index contributed by atoms with van der Waals surface area (Å²) in [5.41, 5.74) is 3.15. The van der Waals surface area contributed by atoms with Gasteiger partial charge in [0.1, 0.15) is 12.1 Å². The van der Waals surface area contributed by atoms with Crippen molar-refractivity contribution in [1.29, 1.82) is 0 Å². The third-order valence-electron chi connectivity index (χ3n) is 7.57. The lowest BCUT2D eigenvalue weighted by Gasteiger charge is -2.35. The summed E-state index contributed by atoms with van der Waals surface area (Å²) in [4.78, 5) is 33.5. The number of thiazole rings is 1. The van der Waals surface area contributed by atoms with Crippen LogP contribution in [0.1, 0.15) is 75.0 Å². The highest BCUT2D eigenvalue weighted by Crippen LogP contribution is 2.41. The van der Waals surface area contributed by atoms with E-state index in [1.165, 1.54) is 33.1 Å². The Morgan fingerprint density at radius 3 is 2.39 bits per heavy atom. The van der Waals surface area contributed by atoms with Gasteiger partial charge in [-0.15, -0.1) is 16.4 Å². The second kappa shape index (κ2) is 10.8. The van der Waals surface area contributed by atoms with E-state index < -0.39 is 47.6 Å². The van der Waals surface area contributed by atoms with Crippen LogP contribution >= 0.6 is 11.3 Å². The number of aliphatic hydroxyl groups excluding tert-OH is 1. The van der Waals surface area contributed by atoms with Crippen LogP contribution in [0.25, 0.3) is 10.4 Å². The first-order valence-electron chi connectivity index (χ1n) is 13.5. The average Bonchev–Trinajstić information content (AvgIpc) is 3.26. The molecule has 1 saturated carbocycles. The van der Waals surface area contributed by atoms with Gasteiger partial charge in [0.25, 0.3) is 0 Å². The number of alkyl halides is 3. The number of nitrogens with one attached hydrogen (secondary N) is 1. The first-order valence-corrected chi connectivity index (χ1v) is 14.4. The van der Waals surface area contributed by atoms with Crippen LogP contribution in [-0.4, -0.2) is 66.7 Å². The molecule has 5 rings (SSSR count). The number of likely N-dealkylation sites (tertiary alicyclic amines) is 1. The van der Waals surface area contributed by atoms with Crippen LogP contribution in [0.4, 0.5) is 13.2 Å². The van der Waals surface area contributed by atoms with Crippen molar-refractivity contribution in [2.24, 2.45) is 5.41 Å². The van der Waals surface area contributed by atoms with Gasteiger partial charge in [-0.3, -0.25) is 9.59 Å². The lowest BCUT2D eigenvalue weighted by Crippen LogP contribution is -2.52. The SMILES string of the molecule is Cc1ncsc1-c1ccc(C(NC(=O)C2CC(O)CN2C(=O)C(n2cc(C3CC3)nn2)C(C)(C)C)C(F)(F)F)cc1. The van der Waals surface area contributed by atoms with Crippen molar-refractivity contribution in [2.75, 3.05) is 6.54 Å². The Bertz CT molecular complexity index is 1410. The third-order valence-corrected chi connectivity index (χ3v) is 8.55. The molecule has 9 nitrogen and oxygen atoms in total. The molecule has 2 N–H and O–H groups in total. The summed E-state index contributed by atoms with van der Waals surface area (Å²) in [5, 5.41) is 20.9. The van der Waals surface area contributed by atoms with Gasteiger partial charge >= 0.3 is 6.18 Å². The standard InChI is InChI=1S/C28H33F3N6O3S/c1-15-22(41-14-32-15)17-7-9-18(10-8-17)23(28(29,30)31)33-25(39)21-11-19(38)12-36(21)26(40)24(27(2,3)4)37-13-20(34-35-37)16-5-6-16/h7-10,13-14,16,19,21,23-24,38H,5-6,11-12H2,1-4H3,(H,33,39). The van der Waals surface area contributed by atoms with E-state index in [0.717, 1.165) is 34.7 Å². The molecule has 1 aliphatic carbocycles. The van der Waals surface area contributed by atoms with E-state index in [1.54, 1.807) is 23.8 Å². The van der Waals surface area contributed by atoms with E-state index in [1.807, 2.05) is 27.7 Å². The smallest absolute Gasteiger partial charge is 0.391 e. The predicted molar refractivity (Wildman–Crippen MR) is 146 cm³/mol. The molecule has 0 radical (unpaired) electrons. The highest BCUT2D eigenvalue weighted by atomic mass is 32.1. The number of benzene rings is 1. The molecule has 2 aromatic heterocycles. The number of aryl methyl sites for hydroxylation is 1. The van der Waals surface area contributed by atoms with E-state index in [4.69, 9.17) is 0 Å². The molecule has 0 bridgehead atoms. The van der Waals surface area contributed by atoms with E-state index in [-0.39, 0.29) is 18.5 Å². The number of aromatic nitrogens is 4. The summed E-state index contributed by atoms with van der Waals surface area (Å²) >= 11 is 1.39. The van der Waals surface area contributed by atoms with Crippen molar-refractivity contribution in [3.63, 3.8) is 0 Å². The highest BCUT2D eigenvalue weighted by Gasteiger charge is 2.48. The Kier molecular flexibility index (Phi) is 7.70. The van der Waals surface area contributed by atoms with E-state index in [0.29, 0.717) is 5.92 Å². The topological polar surface area (TPSA) is 113 Å². The molecule has 2 aliphatic rings. The van der Waals surface area contributed by atoms with Crippen molar-refractivity contribution in [1.82, 2.24) is 30.2 Å². The number of aliphatic hydroxyl groups is 1. The normalized spacial score (nSPS) is 21.1. The molecule has 1 aromatic carbocycles. The fourth-order valence-corrected chi connectivity index (χ4v) is 6.14. The van der Waals surface area contributed by atoms with Crippen molar-refractivity contribution < 1.29 is 27.9 Å². The lowest BCUT2D eigenvalue weighted by molar-refractivity contribution is -0.165. The van der Waals surface area contributed by atoms with Gasteiger partial charge in [-0.2, -0.15) is 13.2 Å². The van der Waals surface area contributed by atoms with Crippen LogP contribution in [-0.2, 0) is 9.59 Å². The maximum Gasteiger partial charge on any atom is 0.412 e. The van der Waals surface area contributed by atoms with Gasteiger partial charge in [0.15, 0.2) is 6.04 Å². The Morgan fingerprint density at radius 1 is 1.15 bits per heavy atom. The van der Waals surface area contributed by atoms with Crippen molar-refractivity contribution in [3.8, 4) is 10.4 Å². The van der Waals surface area contributed by atoms with Crippen molar-refractivity contribution in [3.05, 3.63) is 52.9 Å². The fraction of sp³-hybridized carbons (Fsp3) is 0.536. The number of amides is 2. The van der Waals surface area contributed by atoms with E-state index >= 15 is 0 Å². The van der Waals surface area contributed by atoms with Gasteiger partial charge in [-0.05, 0) is 36.3 Å². The van der Waals surface area contributed by atoms with Crippen LogP contribution in [0.2, 0.25) is 0 Å². The number of carbonyl (C=O) groups excluding carboxylic acids is 2. The number of hydrogen-bond donors (Lipinski definition) is 2. The summed E-state index contributed by atoms with van der Waals surface area (Å²) < 4.78 is 44.2. The lowest BCUT2D eigenvalue weighted by atomic mass is 9.85. The second-order valence-electron chi connectivity index (χ2n) is 11.9. The molecule has 1 aliphatic heterocycles. The second-order valence-corrected chi connectivity index (χ2v) is 12.8. The summed E-state index contributed by atoms with van der Waals surface area (Å²) in [7, 11) is 0. The first-order chi connectivity index (χ1) is 19.2. The largest absolute Gasteiger partial charge is 0.412 e. The molecule has 13 heteroatoms. The Morgan fingerprint density at radius 2 is 1.83 bits per heavy atom.